The van der Waals surface area contributed by atoms with Gasteiger partial charge in [-0.3, -0.25) is 14.4 Å². The molecule has 0 amide bonds. The van der Waals surface area contributed by atoms with Crippen molar-refractivity contribution in [2.45, 2.75) is 343 Å². The van der Waals surface area contributed by atoms with Crippen LogP contribution < -0.4 is 0 Å². The van der Waals surface area contributed by atoms with Crippen LogP contribution in [-0.4, -0.2) is 37.2 Å². The molecular formula is C61H118O6. The van der Waals surface area contributed by atoms with Crippen molar-refractivity contribution in [2.24, 2.45) is 17.8 Å². The molecule has 0 aromatic rings. The zero-order valence-electron chi connectivity index (χ0n) is 46.2. The first kappa shape index (κ1) is 65.4. The van der Waals surface area contributed by atoms with E-state index in [-0.39, 0.29) is 31.1 Å². The third kappa shape index (κ3) is 53.6. The molecule has 0 rings (SSSR count). The highest BCUT2D eigenvalue weighted by molar-refractivity contribution is 5.71. The second kappa shape index (κ2) is 52.2. The van der Waals surface area contributed by atoms with Crippen LogP contribution in [0.25, 0.3) is 0 Å². The molecule has 398 valence electrons. The second-order valence-corrected chi connectivity index (χ2v) is 22.2. The van der Waals surface area contributed by atoms with Gasteiger partial charge in [0.25, 0.3) is 0 Å². The summed E-state index contributed by atoms with van der Waals surface area (Å²) in [6.07, 6.45) is 55.2. The molecule has 0 aromatic heterocycles. The Kier molecular flexibility index (Phi) is 51.0. The average Bonchev–Trinajstić information content (AvgIpc) is 3.30. The van der Waals surface area contributed by atoms with Crippen molar-refractivity contribution >= 4 is 17.9 Å². The van der Waals surface area contributed by atoms with Gasteiger partial charge in [0.1, 0.15) is 13.2 Å². The standard InChI is InChI=1S/C61H118O6/c1-7-57(6)49-43-37-31-25-18-14-11-12-16-20-27-33-39-45-51-60(63)66-54-58(67-61(64)52-46-40-34-28-22-21-24-30-36-42-48-56(4)5)53-65-59(62)50-44-38-32-26-19-15-10-8-9-13-17-23-29-35-41-47-55(2)3/h55-58H,7-54H2,1-6H3/t57?,58-/m0/s1. The molecule has 0 aliphatic heterocycles. The molecule has 6 heteroatoms. The van der Waals surface area contributed by atoms with Gasteiger partial charge in [0, 0.05) is 19.3 Å². The highest BCUT2D eigenvalue weighted by Gasteiger charge is 2.19. The van der Waals surface area contributed by atoms with Gasteiger partial charge in [0.15, 0.2) is 6.10 Å². The van der Waals surface area contributed by atoms with Crippen LogP contribution in [-0.2, 0) is 28.6 Å². The Labute approximate surface area is 418 Å². The molecule has 0 saturated carbocycles. The Hall–Kier alpha value is -1.59. The maximum atomic E-state index is 12.8. The molecule has 0 bridgehead atoms. The van der Waals surface area contributed by atoms with Crippen LogP contribution in [0, 0.1) is 17.8 Å². The van der Waals surface area contributed by atoms with E-state index in [0.29, 0.717) is 19.3 Å². The lowest BCUT2D eigenvalue weighted by atomic mass is 9.99. The summed E-state index contributed by atoms with van der Waals surface area (Å²) in [6.45, 7) is 13.8. The minimum atomic E-state index is -0.764. The molecule has 0 radical (unpaired) electrons. The molecule has 1 unspecified atom stereocenters. The lowest BCUT2D eigenvalue weighted by Gasteiger charge is -2.18. The number of esters is 3. The lowest BCUT2D eigenvalue weighted by molar-refractivity contribution is -0.167. The van der Waals surface area contributed by atoms with Crippen LogP contribution in [0.1, 0.15) is 337 Å². The zero-order valence-corrected chi connectivity index (χ0v) is 46.2. The van der Waals surface area contributed by atoms with Gasteiger partial charge in [0.05, 0.1) is 0 Å². The summed E-state index contributed by atoms with van der Waals surface area (Å²) < 4.78 is 16.9. The minimum absolute atomic E-state index is 0.0634. The summed E-state index contributed by atoms with van der Waals surface area (Å²) in [4.78, 5) is 38.2. The molecule has 0 heterocycles. The fourth-order valence-electron chi connectivity index (χ4n) is 9.32. The van der Waals surface area contributed by atoms with Crippen molar-refractivity contribution in [1.29, 1.82) is 0 Å². The molecule has 0 spiro atoms. The zero-order chi connectivity index (χ0) is 49.1. The van der Waals surface area contributed by atoms with Crippen LogP contribution >= 0.6 is 0 Å². The fraction of sp³-hybridized carbons (Fsp3) is 0.951. The molecule has 0 saturated heterocycles. The Morgan fingerprint density at radius 3 is 0.776 bits per heavy atom. The number of carbonyl (C=O) groups is 3. The summed E-state index contributed by atoms with van der Waals surface area (Å²) in [5, 5.41) is 0. The van der Waals surface area contributed by atoms with E-state index in [0.717, 1.165) is 75.5 Å². The molecule has 0 aliphatic rings. The molecular weight excluding hydrogens is 829 g/mol. The molecule has 0 fully saturated rings. The van der Waals surface area contributed by atoms with Gasteiger partial charge in [-0.1, -0.05) is 298 Å². The van der Waals surface area contributed by atoms with E-state index >= 15 is 0 Å². The van der Waals surface area contributed by atoms with E-state index in [1.807, 2.05) is 0 Å². The number of rotatable bonds is 54. The van der Waals surface area contributed by atoms with Gasteiger partial charge in [-0.15, -0.1) is 0 Å². The van der Waals surface area contributed by atoms with Gasteiger partial charge in [-0.2, -0.15) is 0 Å². The van der Waals surface area contributed by atoms with Crippen molar-refractivity contribution in [3.63, 3.8) is 0 Å². The Bertz CT molecular complexity index is 1040. The van der Waals surface area contributed by atoms with Gasteiger partial charge >= 0.3 is 17.9 Å². The van der Waals surface area contributed by atoms with Gasteiger partial charge in [-0.25, -0.2) is 0 Å². The Balaban J connectivity index is 4.27. The molecule has 0 aromatic carbocycles. The molecule has 0 N–H and O–H groups in total. The van der Waals surface area contributed by atoms with Crippen LogP contribution in [0.15, 0.2) is 0 Å². The maximum absolute atomic E-state index is 12.8. The Morgan fingerprint density at radius 2 is 0.522 bits per heavy atom. The maximum Gasteiger partial charge on any atom is 0.306 e. The van der Waals surface area contributed by atoms with E-state index in [1.54, 1.807) is 0 Å². The van der Waals surface area contributed by atoms with E-state index < -0.39 is 6.10 Å². The van der Waals surface area contributed by atoms with Crippen molar-refractivity contribution in [3.8, 4) is 0 Å². The monoisotopic (exact) mass is 947 g/mol. The summed E-state index contributed by atoms with van der Waals surface area (Å²) in [6, 6.07) is 0. The molecule has 2 atom stereocenters. The van der Waals surface area contributed by atoms with Crippen LogP contribution in [0.3, 0.4) is 0 Å². The topological polar surface area (TPSA) is 78.9 Å². The SMILES string of the molecule is CCC(C)CCCCCCCCCCCCCCCCC(=O)OC[C@H](COC(=O)CCCCCCCCCCCCCCCCCC(C)C)OC(=O)CCCCCCCCCCCCC(C)C. The van der Waals surface area contributed by atoms with E-state index in [1.165, 1.54) is 218 Å². The number of hydrogen-bond donors (Lipinski definition) is 0. The van der Waals surface area contributed by atoms with Gasteiger partial charge in [0.2, 0.25) is 0 Å². The summed E-state index contributed by atoms with van der Waals surface area (Å²) in [5.41, 5.74) is 0. The quantitative estimate of drug-likeness (QED) is 0.0343. The van der Waals surface area contributed by atoms with Crippen molar-refractivity contribution in [1.82, 2.24) is 0 Å². The number of hydrogen-bond acceptors (Lipinski definition) is 6. The molecule has 67 heavy (non-hydrogen) atoms. The number of unbranched alkanes of at least 4 members (excludes halogenated alkanes) is 36. The van der Waals surface area contributed by atoms with Crippen LogP contribution in [0.2, 0.25) is 0 Å². The first-order valence-electron chi connectivity index (χ1n) is 30.1. The smallest absolute Gasteiger partial charge is 0.306 e. The lowest BCUT2D eigenvalue weighted by Crippen LogP contribution is -2.30. The van der Waals surface area contributed by atoms with Gasteiger partial charge in [-0.05, 0) is 37.0 Å². The van der Waals surface area contributed by atoms with E-state index in [4.69, 9.17) is 14.2 Å². The van der Waals surface area contributed by atoms with Crippen molar-refractivity contribution in [2.75, 3.05) is 13.2 Å². The normalized spacial score (nSPS) is 12.5. The van der Waals surface area contributed by atoms with Gasteiger partial charge < -0.3 is 14.2 Å². The predicted octanol–water partition coefficient (Wildman–Crippen LogP) is 19.9. The van der Waals surface area contributed by atoms with E-state index in [2.05, 4.69) is 41.5 Å². The average molecular weight is 948 g/mol. The summed E-state index contributed by atoms with van der Waals surface area (Å²) >= 11 is 0. The largest absolute Gasteiger partial charge is 0.462 e. The highest BCUT2D eigenvalue weighted by atomic mass is 16.6. The van der Waals surface area contributed by atoms with Crippen LogP contribution in [0.4, 0.5) is 0 Å². The third-order valence-electron chi connectivity index (χ3n) is 14.3. The highest BCUT2D eigenvalue weighted by Crippen LogP contribution is 2.19. The summed E-state index contributed by atoms with van der Waals surface area (Å²) in [5.74, 6) is 1.72. The van der Waals surface area contributed by atoms with Crippen LogP contribution in [0.5, 0.6) is 0 Å². The molecule has 0 aliphatic carbocycles. The van der Waals surface area contributed by atoms with E-state index in [9.17, 15) is 14.4 Å². The predicted molar refractivity (Wildman–Crippen MR) is 289 cm³/mol. The Morgan fingerprint density at radius 1 is 0.299 bits per heavy atom. The number of ether oxygens (including phenoxy) is 3. The van der Waals surface area contributed by atoms with Crippen molar-refractivity contribution < 1.29 is 28.6 Å². The first-order valence-corrected chi connectivity index (χ1v) is 30.1. The fourth-order valence-corrected chi connectivity index (χ4v) is 9.32. The summed E-state index contributed by atoms with van der Waals surface area (Å²) in [7, 11) is 0. The second-order valence-electron chi connectivity index (χ2n) is 22.2. The molecule has 6 nitrogen and oxygen atoms in total. The third-order valence-corrected chi connectivity index (χ3v) is 14.3. The first-order chi connectivity index (χ1) is 32.6. The van der Waals surface area contributed by atoms with Crippen molar-refractivity contribution in [3.05, 3.63) is 0 Å². The minimum Gasteiger partial charge on any atom is -0.462 e. The number of carbonyl (C=O) groups excluding carboxylic acids is 3.